The van der Waals surface area contributed by atoms with Gasteiger partial charge in [0.05, 0.1) is 6.04 Å². The van der Waals surface area contributed by atoms with Crippen LogP contribution in [0.2, 0.25) is 0 Å². The van der Waals surface area contributed by atoms with Crippen molar-refractivity contribution in [3.05, 3.63) is 0 Å². The SMILES string of the molecule is CC(C)C[C@H](N)C(=O)NCC[C@H](O)C(=O)O. The molecule has 0 saturated carbocycles. The minimum atomic E-state index is -1.44. The van der Waals surface area contributed by atoms with Crippen LogP contribution in [0.3, 0.4) is 0 Å². The lowest BCUT2D eigenvalue weighted by molar-refractivity contribution is -0.147. The predicted octanol–water partition coefficient (Wildman–Crippen LogP) is -0.688. The first-order chi connectivity index (χ1) is 7.34. The summed E-state index contributed by atoms with van der Waals surface area (Å²) in [6.45, 7) is 4.03. The van der Waals surface area contributed by atoms with E-state index in [1.54, 1.807) is 0 Å². The fourth-order valence-electron chi connectivity index (χ4n) is 1.20. The van der Waals surface area contributed by atoms with Gasteiger partial charge in [-0.1, -0.05) is 13.8 Å². The summed E-state index contributed by atoms with van der Waals surface area (Å²) in [6.07, 6.45) is -0.885. The van der Waals surface area contributed by atoms with Crippen molar-refractivity contribution in [2.75, 3.05) is 6.54 Å². The van der Waals surface area contributed by atoms with Gasteiger partial charge < -0.3 is 21.3 Å². The molecule has 0 heterocycles. The van der Waals surface area contributed by atoms with Crippen molar-refractivity contribution >= 4 is 11.9 Å². The van der Waals surface area contributed by atoms with Gasteiger partial charge in [-0.25, -0.2) is 4.79 Å². The molecule has 1 amide bonds. The average molecular weight is 232 g/mol. The molecule has 0 fully saturated rings. The molecule has 6 nitrogen and oxygen atoms in total. The van der Waals surface area contributed by atoms with Crippen LogP contribution >= 0.6 is 0 Å². The molecule has 0 aliphatic rings. The maximum absolute atomic E-state index is 11.4. The molecule has 0 aromatic rings. The molecular weight excluding hydrogens is 212 g/mol. The lowest BCUT2D eigenvalue weighted by Gasteiger charge is -2.14. The van der Waals surface area contributed by atoms with E-state index in [2.05, 4.69) is 5.32 Å². The van der Waals surface area contributed by atoms with Gasteiger partial charge in [-0.05, 0) is 12.3 Å². The molecule has 0 unspecified atom stereocenters. The Balaban J connectivity index is 3.77. The number of aliphatic hydroxyl groups excluding tert-OH is 1. The van der Waals surface area contributed by atoms with E-state index in [1.807, 2.05) is 13.8 Å². The van der Waals surface area contributed by atoms with Gasteiger partial charge in [0.1, 0.15) is 0 Å². The zero-order valence-corrected chi connectivity index (χ0v) is 9.64. The molecule has 0 aliphatic carbocycles. The molecule has 0 saturated heterocycles. The molecular formula is C10H20N2O4. The van der Waals surface area contributed by atoms with Gasteiger partial charge in [0.15, 0.2) is 6.10 Å². The third kappa shape index (κ3) is 6.36. The largest absolute Gasteiger partial charge is 0.479 e. The van der Waals surface area contributed by atoms with E-state index >= 15 is 0 Å². The van der Waals surface area contributed by atoms with Crippen LogP contribution in [-0.2, 0) is 9.59 Å². The Hall–Kier alpha value is -1.14. The summed E-state index contributed by atoms with van der Waals surface area (Å²) in [4.78, 5) is 21.6. The molecule has 6 heteroatoms. The molecule has 0 rings (SSSR count). The Kier molecular flexibility index (Phi) is 6.67. The number of carboxylic acid groups (broad SMARTS) is 1. The first-order valence-corrected chi connectivity index (χ1v) is 5.28. The third-order valence-corrected chi connectivity index (χ3v) is 2.06. The van der Waals surface area contributed by atoms with Crippen molar-refractivity contribution in [2.45, 2.75) is 38.8 Å². The molecule has 0 aromatic heterocycles. The first kappa shape index (κ1) is 14.9. The highest BCUT2D eigenvalue weighted by atomic mass is 16.4. The van der Waals surface area contributed by atoms with Gasteiger partial charge in [-0.15, -0.1) is 0 Å². The van der Waals surface area contributed by atoms with E-state index in [0.29, 0.717) is 12.3 Å². The Morgan fingerprint density at radius 1 is 1.38 bits per heavy atom. The van der Waals surface area contributed by atoms with E-state index in [9.17, 15) is 9.59 Å². The maximum atomic E-state index is 11.4. The van der Waals surface area contributed by atoms with Crippen molar-refractivity contribution in [3.8, 4) is 0 Å². The standard InChI is InChI=1S/C10H20N2O4/c1-6(2)5-7(11)9(14)12-4-3-8(13)10(15)16/h6-8,13H,3-5,11H2,1-2H3,(H,12,14)(H,15,16)/t7-,8-/m0/s1. The van der Waals surface area contributed by atoms with Crippen LogP contribution in [0.1, 0.15) is 26.7 Å². The number of aliphatic carboxylic acids is 1. The average Bonchev–Trinajstić information content (AvgIpc) is 2.15. The molecule has 0 aromatic carbocycles. The summed E-state index contributed by atoms with van der Waals surface area (Å²) >= 11 is 0. The molecule has 0 radical (unpaired) electrons. The van der Waals surface area contributed by atoms with E-state index in [1.165, 1.54) is 0 Å². The zero-order chi connectivity index (χ0) is 12.7. The van der Waals surface area contributed by atoms with Crippen LogP contribution in [0.25, 0.3) is 0 Å². The quantitative estimate of drug-likeness (QED) is 0.464. The fraction of sp³-hybridized carbons (Fsp3) is 0.800. The summed E-state index contributed by atoms with van der Waals surface area (Å²) in [5.74, 6) is -1.28. The summed E-state index contributed by atoms with van der Waals surface area (Å²) in [7, 11) is 0. The van der Waals surface area contributed by atoms with Crippen LogP contribution in [0, 0.1) is 5.92 Å². The van der Waals surface area contributed by atoms with Gasteiger partial charge in [0.25, 0.3) is 0 Å². The number of hydrogen-bond acceptors (Lipinski definition) is 4. The highest BCUT2D eigenvalue weighted by Gasteiger charge is 2.16. The van der Waals surface area contributed by atoms with Gasteiger partial charge in [-0.2, -0.15) is 0 Å². The van der Waals surface area contributed by atoms with Crippen molar-refractivity contribution in [2.24, 2.45) is 11.7 Å². The van der Waals surface area contributed by atoms with Crippen LogP contribution in [0.5, 0.6) is 0 Å². The second kappa shape index (κ2) is 7.19. The van der Waals surface area contributed by atoms with E-state index in [0.717, 1.165) is 0 Å². The monoisotopic (exact) mass is 232 g/mol. The summed E-state index contributed by atoms with van der Waals surface area (Å²) in [5, 5.41) is 19.8. The summed E-state index contributed by atoms with van der Waals surface area (Å²) in [6, 6.07) is -0.582. The molecule has 0 aliphatic heterocycles. The van der Waals surface area contributed by atoms with Gasteiger partial charge in [-0.3, -0.25) is 4.79 Å². The first-order valence-electron chi connectivity index (χ1n) is 5.28. The summed E-state index contributed by atoms with van der Waals surface area (Å²) < 4.78 is 0. The van der Waals surface area contributed by atoms with Crippen LogP contribution in [0.15, 0.2) is 0 Å². The maximum Gasteiger partial charge on any atom is 0.332 e. The Labute approximate surface area is 94.8 Å². The van der Waals surface area contributed by atoms with Crippen LogP contribution < -0.4 is 11.1 Å². The Morgan fingerprint density at radius 2 is 1.94 bits per heavy atom. The number of carboxylic acids is 1. The normalized spacial score (nSPS) is 14.6. The topological polar surface area (TPSA) is 113 Å². The fourth-order valence-corrected chi connectivity index (χ4v) is 1.20. The van der Waals surface area contributed by atoms with Gasteiger partial charge in [0.2, 0.25) is 5.91 Å². The van der Waals surface area contributed by atoms with Crippen LogP contribution in [0.4, 0.5) is 0 Å². The minimum absolute atomic E-state index is 0.0184. The minimum Gasteiger partial charge on any atom is -0.479 e. The van der Waals surface area contributed by atoms with E-state index in [4.69, 9.17) is 15.9 Å². The second-order valence-corrected chi connectivity index (χ2v) is 4.17. The number of carbonyl (C=O) groups excluding carboxylic acids is 1. The molecule has 94 valence electrons. The summed E-state index contributed by atoms with van der Waals surface area (Å²) in [5.41, 5.74) is 5.60. The lowest BCUT2D eigenvalue weighted by Crippen LogP contribution is -2.42. The number of carbonyl (C=O) groups is 2. The van der Waals surface area contributed by atoms with Crippen molar-refractivity contribution in [1.29, 1.82) is 0 Å². The predicted molar refractivity (Wildman–Crippen MR) is 58.7 cm³/mol. The number of nitrogens with two attached hydrogens (primary N) is 1. The Bertz CT molecular complexity index is 243. The highest BCUT2D eigenvalue weighted by Crippen LogP contribution is 2.02. The van der Waals surface area contributed by atoms with E-state index in [-0.39, 0.29) is 18.9 Å². The molecule has 0 bridgehead atoms. The Morgan fingerprint density at radius 3 is 2.38 bits per heavy atom. The van der Waals surface area contributed by atoms with Gasteiger partial charge in [0, 0.05) is 13.0 Å². The van der Waals surface area contributed by atoms with Crippen molar-refractivity contribution < 1.29 is 19.8 Å². The third-order valence-electron chi connectivity index (χ3n) is 2.06. The molecule has 0 spiro atoms. The zero-order valence-electron chi connectivity index (χ0n) is 9.64. The highest BCUT2D eigenvalue weighted by molar-refractivity contribution is 5.81. The number of rotatable bonds is 7. The number of aliphatic hydroxyl groups is 1. The smallest absolute Gasteiger partial charge is 0.332 e. The number of nitrogens with one attached hydrogen (secondary N) is 1. The van der Waals surface area contributed by atoms with Gasteiger partial charge >= 0.3 is 5.97 Å². The van der Waals surface area contributed by atoms with Crippen LogP contribution in [-0.4, -0.2) is 40.8 Å². The molecule has 2 atom stereocenters. The van der Waals surface area contributed by atoms with E-state index < -0.39 is 18.1 Å². The number of hydrogen-bond donors (Lipinski definition) is 4. The molecule has 5 N–H and O–H groups in total. The van der Waals surface area contributed by atoms with Crippen molar-refractivity contribution in [3.63, 3.8) is 0 Å². The second-order valence-electron chi connectivity index (χ2n) is 4.17. The number of amides is 1. The van der Waals surface area contributed by atoms with Crippen molar-refractivity contribution in [1.82, 2.24) is 5.32 Å². The molecule has 16 heavy (non-hydrogen) atoms. The lowest BCUT2D eigenvalue weighted by atomic mass is 10.0.